The van der Waals surface area contributed by atoms with Crippen molar-refractivity contribution in [3.05, 3.63) is 42.5 Å². The highest BCUT2D eigenvalue weighted by Gasteiger charge is 2.12. The third-order valence-electron chi connectivity index (χ3n) is 4.97. The molecule has 0 radical (unpaired) electrons. The van der Waals surface area contributed by atoms with Crippen molar-refractivity contribution in [3.63, 3.8) is 0 Å². The Morgan fingerprint density at radius 1 is 0.833 bits per heavy atom. The van der Waals surface area contributed by atoms with Crippen molar-refractivity contribution in [1.82, 2.24) is 9.80 Å². The number of benzene rings is 2. The zero-order valence-corrected chi connectivity index (χ0v) is 14.9. The molecule has 0 saturated carbocycles. The summed E-state index contributed by atoms with van der Waals surface area (Å²) in [6.45, 7) is 7.00. The second-order valence-corrected chi connectivity index (χ2v) is 6.88. The van der Waals surface area contributed by atoms with Crippen LogP contribution in [-0.2, 0) is 0 Å². The molecule has 1 heterocycles. The molecule has 0 spiro atoms. The minimum atomic E-state index is 0.822. The van der Waals surface area contributed by atoms with Crippen molar-refractivity contribution in [2.45, 2.75) is 25.7 Å². The SMILES string of the molecule is CN1CCN(CCCCCCOc2cccc3ccccc23)CC1. The van der Waals surface area contributed by atoms with Crippen LogP contribution in [0.2, 0.25) is 0 Å². The summed E-state index contributed by atoms with van der Waals surface area (Å²) >= 11 is 0. The highest BCUT2D eigenvalue weighted by atomic mass is 16.5. The molecule has 2 aromatic carbocycles. The number of hydrogen-bond acceptors (Lipinski definition) is 3. The van der Waals surface area contributed by atoms with Gasteiger partial charge in [0.1, 0.15) is 5.75 Å². The lowest BCUT2D eigenvalue weighted by atomic mass is 10.1. The van der Waals surface area contributed by atoms with Gasteiger partial charge in [0.15, 0.2) is 0 Å². The molecule has 1 fully saturated rings. The number of rotatable bonds is 8. The fourth-order valence-electron chi connectivity index (χ4n) is 3.37. The van der Waals surface area contributed by atoms with E-state index < -0.39 is 0 Å². The summed E-state index contributed by atoms with van der Waals surface area (Å²) in [5, 5.41) is 2.47. The lowest BCUT2D eigenvalue weighted by molar-refractivity contribution is 0.151. The summed E-state index contributed by atoms with van der Waals surface area (Å²) in [5.41, 5.74) is 0. The van der Waals surface area contributed by atoms with Crippen LogP contribution in [0, 0.1) is 0 Å². The Labute approximate surface area is 146 Å². The van der Waals surface area contributed by atoms with Gasteiger partial charge in [-0.3, -0.25) is 0 Å². The summed E-state index contributed by atoms with van der Waals surface area (Å²) in [6, 6.07) is 14.7. The Bertz CT molecular complexity index is 615. The van der Waals surface area contributed by atoms with Gasteiger partial charge >= 0.3 is 0 Å². The van der Waals surface area contributed by atoms with Gasteiger partial charge in [-0.25, -0.2) is 0 Å². The van der Waals surface area contributed by atoms with Crippen molar-refractivity contribution >= 4 is 10.8 Å². The van der Waals surface area contributed by atoms with Gasteiger partial charge in [-0.15, -0.1) is 0 Å². The Morgan fingerprint density at radius 3 is 2.46 bits per heavy atom. The maximum absolute atomic E-state index is 6.01. The van der Waals surface area contributed by atoms with Crippen molar-refractivity contribution in [2.75, 3.05) is 46.4 Å². The van der Waals surface area contributed by atoms with Gasteiger partial charge in [-0.05, 0) is 37.9 Å². The van der Waals surface area contributed by atoms with Crippen molar-refractivity contribution in [2.24, 2.45) is 0 Å². The van der Waals surface area contributed by atoms with E-state index in [0.717, 1.165) is 18.8 Å². The average molecular weight is 326 g/mol. The van der Waals surface area contributed by atoms with Crippen LogP contribution >= 0.6 is 0 Å². The van der Waals surface area contributed by atoms with E-state index in [9.17, 15) is 0 Å². The van der Waals surface area contributed by atoms with Crippen LogP contribution in [0.3, 0.4) is 0 Å². The van der Waals surface area contributed by atoms with Gasteiger partial charge in [0.25, 0.3) is 0 Å². The van der Waals surface area contributed by atoms with Gasteiger partial charge in [0, 0.05) is 31.6 Å². The second-order valence-electron chi connectivity index (χ2n) is 6.88. The largest absolute Gasteiger partial charge is 0.493 e. The minimum Gasteiger partial charge on any atom is -0.493 e. The number of unbranched alkanes of at least 4 members (excludes halogenated alkanes) is 3. The topological polar surface area (TPSA) is 15.7 Å². The van der Waals surface area contributed by atoms with E-state index in [1.54, 1.807) is 0 Å². The predicted molar refractivity (Wildman–Crippen MR) is 102 cm³/mol. The molecular weight excluding hydrogens is 296 g/mol. The van der Waals surface area contributed by atoms with E-state index in [2.05, 4.69) is 59.3 Å². The van der Waals surface area contributed by atoms with E-state index in [1.165, 1.54) is 62.8 Å². The van der Waals surface area contributed by atoms with Crippen LogP contribution in [-0.4, -0.2) is 56.2 Å². The molecule has 0 bridgehead atoms. The van der Waals surface area contributed by atoms with E-state index in [4.69, 9.17) is 4.74 Å². The quantitative estimate of drug-likeness (QED) is 0.681. The van der Waals surface area contributed by atoms with Crippen molar-refractivity contribution in [1.29, 1.82) is 0 Å². The summed E-state index contributed by atoms with van der Waals surface area (Å²) in [6.07, 6.45) is 5.04. The van der Waals surface area contributed by atoms with Crippen LogP contribution in [0.5, 0.6) is 5.75 Å². The molecule has 0 aromatic heterocycles. The Kier molecular flexibility index (Phi) is 6.50. The molecule has 0 unspecified atom stereocenters. The average Bonchev–Trinajstić information content (AvgIpc) is 2.62. The molecule has 0 aliphatic carbocycles. The predicted octanol–water partition coefficient (Wildman–Crippen LogP) is 4.03. The van der Waals surface area contributed by atoms with E-state index in [-0.39, 0.29) is 0 Å². The van der Waals surface area contributed by atoms with Crippen molar-refractivity contribution in [3.8, 4) is 5.75 Å². The number of fused-ring (bicyclic) bond motifs is 1. The summed E-state index contributed by atoms with van der Waals surface area (Å²) in [4.78, 5) is 5.02. The molecule has 0 N–H and O–H groups in total. The Morgan fingerprint density at radius 2 is 1.58 bits per heavy atom. The van der Waals surface area contributed by atoms with Crippen LogP contribution in [0.1, 0.15) is 25.7 Å². The van der Waals surface area contributed by atoms with Gasteiger partial charge in [-0.2, -0.15) is 0 Å². The fourth-order valence-corrected chi connectivity index (χ4v) is 3.37. The molecule has 3 heteroatoms. The number of likely N-dealkylation sites (N-methyl/N-ethyl adjacent to an activating group) is 1. The van der Waals surface area contributed by atoms with E-state index in [0.29, 0.717) is 0 Å². The Balaban J connectivity index is 1.30. The first kappa shape index (κ1) is 17.2. The molecule has 1 saturated heterocycles. The van der Waals surface area contributed by atoms with Gasteiger partial charge in [-0.1, -0.05) is 49.2 Å². The molecule has 3 nitrogen and oxygen atoms in total. The fraction of sp³-hybridized carbons (Fsp3) is 0.524. The lowest BCUT2D eigenvalue weighted by Gasteiger charge is -2.32. The summed E-state index contributed by atoms with van der Waals surface area (Å²) in [5.74, 6) is 1.02. The van der Waals surface area contributed by atoms with Crippen LogP contribution in [0.25, 0.3) is 10.8 Å². The highest BCUT2D eigenvalue weighted by molar-refractivity contribution is 5.88. The maximum Gasteiger partial charge on any atom is 0.127 e. The highest BCUT2D eigenvalue weighted by Crippen LogP contribution is 2.25. The molecule has 24 heavy (non-hydrogen) atoms. The third-order valence-corrected chi connectivity index (χ3v) is 4.97. The number of piperazine rings is 1. The maximum atomic E-state index is 6.01. The zero-order chi connectivity index (χ0) is 16.6. The molecule has 3 rings (SSSR count). The first-order valence-electron chi connectivity index (χ1n) is 9.34. The number of ether oxygens (including phenoxy) is 1. The smallest absolute Gasteiger partial charge is 0.127 e. The Hall–Kier alpha value is -1.58. The number of hydrogen-bond donors (Lipinski definition) is 0. The molecule has 2 aromatic rings. The standard InChI is InChI=1S/C21H30N2O/c1-22-14-16-23(17-15-22)13-6-2-3-7-18-24-21-12-8-10-19-9-4-5-11-20(19)21/h4-5,8-12H,2-3,6-7,13-18H2,1H3. The normalized spacial score (nSPS) is 16.5. The van der Waals surface area contributed by atoms with Gasteiger partial charge < -0.3 is 14.5 Å². The van der Waals surface area contributed by atoms with E-state index >= 15 is 0 Å². The zero-order valence-electron chi connectivity index (χ0n) is 14.9. The van der Waals surface area contributed by atoms with Crippen LogP contribution in [0.4, 0.5) is 0 Å². The molecule has 0 atom stereocenters. The summed E-state index contributed by atoms with van der Waals surface area (Å²) < 4.78 is 6.01. The first-order chi connectivity index (χ1) is 11.8. The second kappa shape index (κ2) is 9.05. The molecule has 0 amide bonds. The monoisotopic (exact) mass is 326 g/mol. The lowest BCUT2D eigenvalue weighted by Crippen LogP contribution is -2.44. The number of nitrogens with zero attached hydrogens (tertiary/aromatic N) is 2. The summed E-state index contributed by atoms with van der Waals surface area (Å²) in [7, 11) is 2.22. The van der Waals surface area contributed by atoms with Crippen LogP contribution < -0.4 is 4.74 Å². The van der Waals surface area contributed by atoms with Gasteiger partial charge in [0.2, 0.25) is 0 Å². The third kappa shape index (κ3) is 4.96. The molecule has 130 valence electrons. The first-order valence-corrected chi connectivity index (χ1v) is 9.34. The molecular formula is C21H30N2O. The molecule has 1 aliphatic rings. The van der Waals surface area contributed by atoms with Crippen LogP contribution in [0.15, 0.2) is 42.5 Å². The minimum absolute atomic E-state index is 0.822. The molecule has 1 aliphatic heterocycles. The van der Waals surface area contributed by atoms with Gasteiger partial charge in [0.05, 0.1) is 6.61 Å². The van der Waals surface area contributed by atoms with E-state index in [1.807, 2.05) is 0 Å². The van der Waals surface area contributed by atoms with Crippen molar-refractivity contribution < 1.29 is 4.74 Å².